The summed E-state index contributed by atoms with van der Waals surface area (Å²) in [6, 6.07) is 8.21. The van der Waals surface area contributed by atoms with E-state index in [-0.39, 0.29) is 12.5 Å². The molecule has 1 aromatic rings. The summed E-state index contributed by atoms with van der Waals surface area (Å²) in [5.41, 5.74) is 7.63. The van der Waals surface area contributed by atoms with E-state index in [1.807, 2.05) is 24.3 Å². The van der Waals surface area contributed by atoms with Gasteiger partial charge in [0.2, 0.25) is 5.91 Å². The van der Waals surface area contributed by atoms with Gasteiger partial charge in [0.1, 0.15) is 6.61 Å². The third-order valence-corrected chi connectivity index (χ3v) is 3.76. The Labute approximate surface area is 119 Å². The number of methoxy groups -OCH3 is 1. The smallest absolute Gasteiger partial charge is 0.250 e. The van der Waals surface area contributed by atoms with Crippen LogP contribution in [0.25, 0.3) is 0 Å². The summed E-state index contributed by atoms with van der Waals surface area (Å²) >= 11 is 0. The first-order valence-electron chi connectivity index (χ1n) is 7.08. The molecule has 20 heavy (non-hydrogen) atoms. The van der Waals surface area contributed by atoms with Crippen LogP contribution in [-0.4, -0.2) is 32.2 Å². The third-order valence-electron chi connectivity index (χ3n) is 3.76. The zero-order valence-electron chi connectivity index (χ0n) is 11.9. The van der Waals surface area contributed by atoms with Gasteiger partial charge < -0.3 is 21.1 Å². The molecule has 0 aromatic heterocycles. The van der Waals surface area contributed by atoms with Gasteiger partial charge in [-0.2, -0.15) is 0 Å². The van der Waals surface area contributed by atoms with Gasteiger partial charge >= 0.3 is 0 Å². The standard InChI is InChI=1S/C15H23N3O2/c1-20-10-15(19)18-13-7-5-12(6-8-13)17-14-4-2-3-11(14)9-16/h5-8,11,14,17H,2-4,9-10,16H2,1H3,(H,18,19). The Bertz CT molecular complexity index is 433. The van der Waals surface area contributed by atoms with E-state index in [1.54, 1.807) is 0 Å². The van der Waals surface area contributed by atoms with Crippen LogP contribution in [0, 0.1) is 5.92 Å². The zero-order chi connectivity index (χ0) is 14.4. The van der Waals surface area contributed by atoms with E-state index in [9.17, 15) is 4.79 Å². The fourth-order valence-corrected chi connectivity index (χ4v) is 2.70. The predicted octanol–water partition coefficient (Wildman–Crippen LogP) is 1.81. The maximum atomic E-state index is 11.4. The van der Waals surface area contributed by atoms with E-state index in [4.69, 9.17) is 10.5 Å². The van der Waals surface area contributed by atoms with Crippen molar-refractivity contribution in [3.63, 3.8) is 0 Å². The van der Waals surface area contributed by atoms with E-state index >= 15 is 0 Å². The summed E-state index contributed by atoms with van der Waals surface area (Å²) in [5.74, 6) is 0.420. The number of ether oxygens (including phenoxy) is 1. The van der Waals surface area contributed by atoms with Gasteiger partial charge in [0.05, 0.1) is 0 Å². The largest absolute Gasteiger partial charge is 0.382 e. The monoisotopic (exact) mass is 277 g/mol. The molecule has 0 aliphatic heterocycles. The Morgan fingerprint density at radius 1 is 1.30 bits per heavy atom. The molecule has 1 aliphatic carbocycles. The predicted molar refractivity (Wildman–Crippen MR) is 80.8 cm³/mol. The number of hydrogen-bond acceptors (Lipinski definition) is 4. The fourth-order valence-electron chi connectivity index (χ4n) is 2.70. The van der Waals surface area contributed by atoms with E-state index in [0.717, 1.165) is 17.9 Å². The van der Waals surface area contributed by atoms with Crippen molar-refractivity contribution in [1.82, 2.24) is 0 Å². The van der Waals surface area contributed by atoms with Gasteiger partial charge in [0.15, 0.2) is 0 Å². The molecule has 0 bridgehead atoms. The van der Waals surface area contributed by atoms with Gasteiger partial charge in [-0.3, -0.25) is 4.79 Å². The second-order valence-corrected chi connectivity index (χ2v) is 5.24. The number of anilines is 2. The highest BCUT2D eigenvalue weighted by atomic mass is 16.5. The van der Waals surface area contributed by atoms with Crippen LogP contribution in [0.15, 0.2) is 24.3 Å². The molecule has 0 saturated heterocycles. The van der Waals surface area contributed by atoms with E-state index in [1.165, 1.54) is 26.4 Å². The fraction of sp³-hybridized carbons (Fsp3) is 0.533. The Morgan fingerprint density at radius 2 is 2.00 bits per heavy atom. The highest BCUT2D eigenvalue weighted by molar-refractivity contribution is 5.91. The van der Waals surface area contributed by atoms with Gasteiger partial charge in [0.25, 0.3) is 0 Å². The highest BCUT2D eigenvalue weighted by Crippen LogP contribution is 2.28. The molecule has 2 rings (SSSR count). The molecule has 5 nitrogen and oxygen atoms in total. The van der Waals surface area contributed by atoms with E-state index in [2.05, 4.69) is 10.6 Å². The van der Waals surface area contributed by atoms with Gasteiger partial charge in [-0.25, -0.2) is 0 Å². The summed E-state index contributed by atoms with van der Waals surface area (Å²) in [7, 11) is 1.50. The Hall–Kier alpha value is -1.59. The topological polar surface area (TPSA) is 76.4 Å². The molecular weight excluding hydrogens is 254 g/mol. The first-order valence-corrected chi connectivity index (χ1v) is 7.08. The van der Waals surface area contributed by atoms with Gasteiger partial charge in [0, 0.05) is 24.5 Å². The minimum atomic E-state index is -0.146. The van der Waals surface area contributed by atoms with Crippen LogP contribution in [0.3, 0.4) is 0 Å². The van der Waals surface area contributed by atoms with Gasteiger partial charge in [-0.05, 0) is 49.6 Å². The van der Waals surface area contributed by atoms with Gasteiger partial charge in [-0.1, -0.05) is 6.42 Å². The highest BCUT2D eigenvalue weighted by Gasteiger charge is 2.25. The number of amides is 1. The molecule has 1 saturated carbocycles. The number of hydrogen-bond donors (Lipinski definition) is 3. The molecule has 1 aromatic carbocycles. The molecule has 0 radical (unpaired) electrons. The maximum absolute atomic E-state index is 11.4. The summed E-state index contributed by atoms with van der Waals surface area (Å²) in [5, 5.41) is 6.30. The Kier molecular flexibility index (Phi) is 5.38. The van der Waals surface area contributed by atoms with Crippen molar-refractivity contribution < 1.29 is 9.53 Å². The molecule has 0 heterocycles. The second-order valence-electron chi connectivity index (χ2n) is 5.24. The quantitative estimate of drug-likeness (QED) is 0.741. The van der Waals surface area contributed by atoms with Crippen LogP contribution in [0.2, 0.25) is 0 Å². The van der Waals surface area contributed by atoms with Crippen LogP contribution < -0.4 is 16.4 Å². The molecule has 1 fully saturated rings. The first kappa shape index (κ1) is 14.8. The van der Waals surface area contributed by atoms with Crippen LogP contribution >= 0.6 is 0 Å². The second kappa shape index (κ2) is 7.26. The molecule has 1 amide bonds. The summed E-state index contributed by atoms with van der Waals surface area (Å²) < 4.78 is 4.78. The zero-order valence-corrected chi connectivity index (χ0v) is 11.9. The SMILES string of the molecule is COCC(=O)Nc1ccc(NC2CCCC2CN)cc1. The number of nitrogens with two attached hydrogens (primary N) is 1. The van der Waals surface area contributed by atoms with Crippen LogP contribution in [0.5, 0.6) is 0 Å². The number of nitrogens with one attached hydrogen (secondary N) is 2. The van der Waals surface area contributed by atoms with Crippen molar-refractivity contribution in [2.75, 3.05) is 30.9 Å². The third kappa shape index (κ3) is 3.95. The summed E-state index contributed by atoms with van der Waals surface area (Å²) in [6.45, 7) is 0.809. The van der Waals surface area contributed by atoms with Crippen LogP contribution in [0.1, 0.15) is 19.3 Å². The normalized spacial score (nSPS) is 21.7. The lowest BCUT2D eigenvalue weighted by atomic mass is 10.0. The lowest BCUT2D eigenvalue weighted by molar-refractivity contribution is -0.119. The Morgan fingerprint density at radius 3 is 2.65 bits per heavy atom. The number of benzene rings is 1. The molecule has 110 valence electrons. The van der Waals surface area contributed by atoms with Crippen molar-refractivity contribution in [3.8, 4) is 0 Å². The average molecular weight is 277 g/mol. The Balaban J connectivity index is 1.89. The molecule has 1 aliphatic rings. The van der Waals surface area contributed by atoms with Crippen molar-refractivity contribution in [2.45, 2.75) is 25.3 Å². The molecule has 5 heteroatoms. The van der Waals surface area contributed by atoms with Crippen molar-refractivity contribution in [2.24, 2.45) is 11.7 Å². The number of carbonyl (C=O) groups excluding carboxylic acids is 1. The summed E-state index contributed by atoms with van der Waals surface area (Å²) in [6.07, 6.45) is 3.62. The number of carbonyl (C=O) groups is 1. The lowest BCUT2D eigenvalue weighted by Crippen LogP contribution is -2.29. The maximum Gasteiger partial charge on any atom is 0.250 e. The van der Waals surface area contributed by atoms with Crippen molar-refractivity contribution in [1.29, 1.82) is 0 Å². The molecule has 2 unspecified atom stereocenters. The van der Waals surface area contributed by atoms with E-state index < -0.39 is 0 Å². The minimum Gasteiger partial charge on any atom is -0.382 e. The van der Waals surface area contributed by atoms with Gasteiger partial charge in [-0.15, -0.1) is 0 Å². The first-order chi connectivity index (χ1) is 9.72. The molecule has 2 atom stereocenters. The number of rotatable bonds is 6. The van der Waals surface area contributed by atoms with Crippen molar-refractivity contribution >= 4 is 17.3 Å². The summed E-state index contributed by atoms with van der Waals surface area (Å²) in [4.78, 5) is 11.4. The van der Waals surface area contributed by atoms with E-state index in [0.29, 0.717) is 12.0 Å². The molecule has 0 spiro atoms. The average Bonchev–Trinajstić information content (AvgIpc) is 2.88. The minimum absolute atomic E-state index is 0.0697. The lowest BCUT2D eigenvalue weighted by Gasteiger charge is -2.20. The van der Waals surface area contributed by atoms with Crippen LogP contribution in [0.4, 0.5) is 11.4 Å². The molecular formula is C15H23N3O2. The molecule has 4 N–H and O–H groups in total. The van der Waals surface area contributed by atoms with Crippen molar-refractivity contribution in [3.05, 3.63) is 24.3 Å². The van der Waals surface area contributed by atoms with Crippen LogP contribution in [-0.2, 0) is 9.53 Å².